The first-order valence-electron chi connectivity index (χ1n) is 16.0. The Morgan fingerprint density at radius 1 is 0.979 bits per heavy atom. The van der Waals surface area contributed by atoms with Crippen LogP contribution in [0.2, 0.25) is 0 Å². The Bertz CT molecular complexity index is 1880. The number of likely N-dealkylation sites (tertiary alicyclic amines) is 2. The van der Waals surface area contributed by atoms with E-state index >= 15 is 0 Å². The van der Waals surface area contributed by atoms with E-state index in [0.717, 1.165) is 17.3 Å². The summed E-state index contributed by atoms with van der Waals surface area (Å²) < 4.78 is 6.94. The minimum absolute atomic E-state index is 0.0508. The highest BCUT2D eigenvalue weighted by Gasteiger charge is 2.76. The van der Waals surface area contributed by atoms with Gasteiger partial charge in [0.2, 0.25) is 5.91 Å². The summed E-state index contributed by atoms with van der Waals surface area (Å²) in [7, 11) is 0. The highest BCUT2D eigenvalue weighted by atomic mass is 16.6. The van der Waals surface area contributed by atoms with E-state index in [0.29, 0.717) is 35.7 Å². The summed E-state index contributed by atoms with van der Waals surface area (Å²) in [5, 5.41) is 3.94. The minimum Gasteiger partial charge on any atom is -0.443 e. The number of carbonyl (C=O) groups is 4. The van der Waals surface area contributed by atoms with Gasteiger partial charge < -0.3 is 24.8 Å². The minimum atomic E-state index is -0.741. The van der Waals surface area contributed by atoms with Crippen LogP contribution in [-0.2, 0) is 9.53 Å². The zero-order valence-electron chi connectivity index (χ0n) is 27.5. The smallest absolute Gasteiger partial charge is 0.418 e. The first kappa shape index (κ1) is 30.7. The number of ether oxygens (including phenoxy) is 1. The number of rotatable bonds is 5. The maximum atomic E-state index is 14.1. The van der Waals surface area contributed by atoms with Crippen molar-refractivity contribution in [1.82, 2.24) is 29.7 Å². The Labute approximate surface area is 273 Å². The van der Waals surface area contributed by atoms with Crippen LogP contribution in [0.4, 0.5) is 4.79 Å². The van der Waals surface area contributed by atoms with E-state index in [1.54, 1.807) is 42.7 Å². The topological polar surface area (TPSA) is 130 Å². The van der Waals surface area contributed by atoms with Gasteiger partial charge in [0.15, 0.2) is 0 Å². The van der Waals surface area contributed by atoms with E-state index in [2.05, 4.69) is 15.3 Å². The quantitative estimate of drug-likeness (QED) is 0.314. The van der Waals surface area contributed by atoms with Crippen LogP contribution in [0.1, 0.15) is 68.9 Å². The van der Waals surface area contributed by atoms with Crippen molar-refractivity contribution >= 4 is 34.7 Å². The van der Waals surface area contributed by atoms with Crippen molar-refractivity contribution in [2.75, 3.05) is 13.1 Å². The lowest BCUT2D eigenvalue weighted by Crippen LogP contribution is -2.61. The number of piperidine rings is 1. The van der Waals surface area contributed by atoms with E-state index in [-0.39, 0.29) is 35.2 Å². The predicted octanol–water partition coefficient (Wildman–Crippen LogP) is 5.08. The molecule has 1 aromatic carbocycles. The highest BCUT2D eigenvalue weighted by Crippen LogP contribution is 2.65. The molecule has 11 heteroatoms. The van der Waals surface area contributed by atoms with Crippen LogP contribution in [0, 0.1) is 10.8 Å². The predicted molar refractivity (Wildman–Crippen MR) is 176 cm³/mol. The maximum absolute atomic E-state index is 14.1. The molecule has 5 heterocycles. The summed E-state index contributed by atoms with van der Waals surface area (Å²) in [5.41, 5.74) is 1.60. The first-order chi connectivity index (χ1) is 22.2. The lowest BCUT2D eigenvalue weighted by atomic mass is 9.85. The molecule has 3 aliphatic rings. The third-order valence-electron chi connectivity index (χ3n) is 9.65. The van der Waals surface area contributed by atoms with E-state index in [4.69, 9.17) is 4.74 Å². The Kier molecular flexibility index (Phi) is 6.89. The summed E-state index contributed by atoms with van der Waals surface area (Å²) in [4.78, 5) is 65.0. The molecule has 3 amide bonds. The zero-order valence-corrected chi connectivity index (χ0v) is 27.5. The maximum Gasteiger partial charge on any atom is 0.418 e. The van der Waals surface area contributed by atoms with Crippen LogP contribution in [-0.4, -0.2) is 85.0 Å². The molecule has 4 unspecified atom stereocenters. The van der Waals surface area contributed by atoms with Crippen LogP contribution in [0.25, 0.3) is 22.2 Å². The summed E-state index contributed by atoms with van der Waals surface area (Å²) in [6, 6.07) is 15.7. The first-order valence-corrected chi connectivity index (χ1v) is 16.0. The van der Waals surface area contributed by atoms with Crippen LogP contribution in [0.15, 0.2) is 67.0 Å². The van der Waals surface area contributed by atoms with Gasteiger partial charge in [0.1, 0.15) is 23.0 Å². The molecule has 2 N–H and O–H groups in total. The molecule has 0 radical (unpaired) electrons. The molecule has 7 rings (SSSR count). The molecule has 2 saturated heterocycles. The van der Waals surface area contributed by atoms with Gasteiger partial charge in [-0.2, -0.15) is 0 Å². The van der Waals surface area contributed by atoms with Crippen molar-refractivity contribution in [2.24, 2.45) is 10.8 Å². The van der Waals surface area contributed by atoms with Gasteiger partial charge in [-0.3, -0.25) is 23.9 Å². The summed E-state index contributed by atoms with van der Waals surface area (Å²) in [6.07, 6.45) is 3.58. The van der Waals surface area contributed by atoms with Crippen molar-refractivity contribution in [2.45, 2.75) is 71.7 Å². The van der Waals surface area contributed by atoms with E-state index in [1.165, 1.54) is 4.57 Å². The second-order valence-corrected chi connectivity index (χ2v) is 15.1. The van der Waals surface area contributed by atoms with Gasteiger partial charge in [0.25, 0.3) is 11.8 Å². The molecular weight excluding hydrogens is 596 g/mol. The van der Waals surface area contributed by atoms with E-state index < -0.39 is 23.2 Å². The number of fused-ring (bicyclic) bond motifs is 1. The number of nitrogens with zero attached hydrogens (tertiary/aromatic N) is 4. The molecule has 11 nitrogen and oxygen atoms in total. The van der Waals surface area contributed by atoms with Crippen molar-refractivity contribution in [3.8, 4) is 11.3 Å². The number of benzene rings is 1. The molecule has 4 aromatic rings. The second-order valence-electron chi connectivity index (χ2n) is 15.1. The SMILES string of the molecule is CC(C)(C)OC(=O)n1cccc1-c1ccc(C(=O)N2CC34CC3N(C(=O)C(NC(=O)c3cc5ccccc5[nH]3)C(C)(C)C)CC24)nc1. The zero-order chi connectivity index (χ0) is 33.5. The Hall–Kier alpha value is -4.93. The van der Waals surface area contributed by atoms with Crippen LogP contribution < -0.4 is 5.32 Å². The van der Waals surface area contributed by atoms with Crippen LogP contribution >= 0.6 is 0 Å². The average Bonchev–Trinajstić information content (AvgIpc) is 3.29. The number of carbonyl (C=O) groups excluding carboxylic acids is 4. The van der Waals surface area contributed by atoms with E-state index in [1.807, 2.05) is 75.6 Å². The van der Waals surface area contributed by atoms with Gasteiger partial charge in [-0.05, 0) is 69.0 Å². The second kappa shape index (κ2) is 10.5. The normalized spacial score (nSPS) is 22.3. The number of H-pyrrole nitrogens is 1. The molecule has 0 bridgehead atoms. The number of pyridine rings is 1. The number of nitrogens with one attached hydrogen (secondary N) is 2. The molecule has 47 heavy (non-hydrogen) atoms. The van der Waals surface area contributed by atoms with Crippen LogP contribution in [0.5, 0.6) is 0 Å². The third kappa shape index (κ3) is 5.27. The standard InChI is InChI=1S/C36H40N6O5/c1-34(2,3)29(39-30(43)25-16-21-10-7-8-11-23(21)38-25)32(45)41-19-28-36(17-27(36)41)20-42(28)31(44)24-14-13-22(18-37-24)26-12-9-15-40(26)33(46)47-35(4,5)6/h7-16,18,27-29,38H,17,19-20H2,1-6H3,(H,39,43). The fourth-order valence-electron chi connectivity index (χ4n) is 7.16. The Morgan fingerprint density at radius 2 is 1.74 bits per heavy atom. The van der Waals surface area contributed by atoms with Gasteiger partial charge in [0, 0.05) is 53.4 Å². The third-order valence-corrected chi connectivity index (χ3v) is 9.65. The lowest BCUT2D eigenvalue weighted by molar-refractivity contribution is -0.135. The van der Waals surface area contributed by atoms with Gasteiger partial charge >= 0.3 is 6.09 Å². The number of aromatic amines is 1. The number of amides is 3. The summed E-state index contributed by atoms with van der Waals surface area (Å²) in [6.45, 7) is 12.3. The molecule has 1 spiro atoms. The number of para-hydroxylation sites is 1. The van der Waals surface area contributed by atoms with Crippen LogP contribution in [0.3, 0.4) is 0 Å². The molecule has 3 aromatic heterocycles. The summed E-state index contributed by atoms with van der Waals surface area (Å²) in [5.74, 6) is -0.637. The average molecular weight is 637 g/mol. The van der Waals surface area contributed by atoms with Crippen molar-refractivity contribution < 1.29 is 23.9 Å². The molecule has 4 atom stereocenters. The summed E-state index contributed by atoms with van der Waals surface area (Å²) >= 11 is 0. The Morgan fingerprint density at radius 3 is 2.43 bits per heavy atom. The van der Waals surface area contributed by atoms with Crippen molar-refractivity contribution in [1.29, 1.82) is 0 Å². The van der Waals surface area contributed by atoms with Gasteiger partial charge in [0.05, 0.1) is 11.7 Å². The highest BCUT2D eigenvalue weighted by molar-refractivity contribution is 6.00. The fourth-order valence-corrected chi connectivity index (χ4v) is 7.16. The van der Waals surface area contributed by atoms with Gasteiger partial charge in [-0.25, -0.2) is 4.79 Å². The molecular formula is C36H40N6O5. The number of hydrogen-bond acceptors (Lipinski definition) is 6. The van der Waals surface area contributed by atoms with E-state index in [9.17, 15) is 19.2 Å². The fraction of sp³-hybridized carbons (Fsp3) is 0.417. The van der Waals surface area contributed by atoms with Gasteiger partial charge in [-0.15, -0.1) is 0 Å². The number of hydrogen-bond donors (Lipinski definition) is 2. The number of aromatic nitrogens is 3. The Balaban J connectivity index is 1.03. The monoisotopic (exact) mass is 636 g/mol. The molecule has 1 aliphatic carbocycles. The molecule has 3 fully saturated rings. The van der Waals surface area contributed by atoms with Crippen molar-refractivity contribution in [3.05, 3.63) is 78.4 Å². The van der Waals surface area contributed by atoms with Crippen molar-refractivity contribution in [3.63, 3.8) is 0 Å². The molecule has 244 valence electrons. The molecule has 1 saturated carbocycles. The van der Waals surface area contributed by atoms with Gasteiger partial charge in [-0.1, -0.05) is 39.0 Å². The lowest BCUT2D eigenvalue weighted by Gasteiger charge is -2.46. The molecule has 2 aliphatic heterocycles. The largest absolute Gasteiger partial charge is 0.443 e.